The molecule has 0 amide bonds. The first-order valence-corrected chi connectivity index (χ1v) is 5.58. The molecule has 2 unspecified atom stereocenters. The van der Waals surface area contributed by atoms with Crippen molar-refractivity contribution in [2.45, 2.75) is 57.7 Å². The Bertz CT molecular complexity index is 161. The van der Waals surface area contributed by atoms with Crippen LogP contribution in [0, 0.1) is 0 Å². The van der Waals surface area contributed by atoms with Crippen molar-refractivity contribution >= 4 is 0 Å². The highest BCUT2D eigenvalue weighted by molar-refractivity contribution is 4.97. The van der Waals surface area contributed by atoms with Crippen LogP contribution in [0.25, 0.3) is 0 Å². The number of piperidine rings is 1. The molecule has 2 aliphatic rings. The van der Waals surface area contributed by atoms with E-state index in [0.29, 0.717) is 5.54 Å². The van der Waals surface area contributed by atoms with E-state index < -0.39 is 0 Å². The predicted molar refractivity (Wildman–Crippen MR) is 55.9 cm³/mol. The lowest BCUT2D eigenvalue weighted by Crippen LogP contribution is -2.65. The van der Waals surface area contributed by atoms with E-state index in [-0.39, 0.29) is 0 Å². The molecule has 0 spiro atoms. The first-order valence-electron chi connectivity index (χ1n) is 5.58. The van der Waals surface area contributed by atoms with E-state index in [1.165, 1.54) is 32.4 Å². The lowest BCUT2D eigenvalue weighted by Gasteiger charge is -2.53. The number of nitrogens with one attached hydrogen (secondary N) is 1. The molecule has 2 fully saturated rings. The molecule has 2 aliphatic heterocycles. The number of fused-ring (bicyclic) bond motifs is 2. The lowest BCUT2D eigenvalue weighted by atomic mass is 9.87. The molecular weight excluding hydrogens is 160 g/mol. The Balaban J connectivity index is 2.15. The summed E-state index contributed by atoms with van der Waals surface area (Å²) >= 11 is 0. The van der Waals surface area contributed by atoms with Crippen LogP contribution in [0.4, 0.5) is 0 Å². The maximum absolute atomic E-state index is 3.55. The fourth-order valence-electron chi connectivity index (χ4n) is 3.08. The summed E-state index contributed by atoms with van der Waals surface area (Å²) in [5, 5.41) is 3.55. The first-order chi connectivity index (χ1) is 6.09. The Morgan fingerprint density at radius 3 is 2.00 bits per heavy atom. The highest BCUT2D eigenvalue weighted by atomic mass is 15.3. The van der Waals surface area contributed by atoms with Crippen LogP contribution >= 0.6 is 0 Å². The second-order valence-corrected chi connectivity index (χ2v) is 5.47. The fraction of sp³-hybridized carbons (Fsp3) is 1.00. The molecule has 1 N–H and O–H groups in total. The van der Waals surface area contributed by atoms with Crippen LogP contribution in [0.2, 0.25) is 0 Å². The summed E-state index contributed by atoms with van der Waals surface area (Å²) in [6.45, 7) is 9.46. The summed E-state index contributed by atoms with van der Waals surface area (Å²) in [4.78, 5) is 2.74. The molecular formula is C11H22N2. The minimum Gasteiger partial charge on any atom is -0.314 e. The molecule has 0 aliphatic carbocycles. The van der Waals surface area contributed by atoms with E-state index in [1.54, 1.807) is 0 Å². The third kappa shape index (κ3) is 1.75. The van der Waals surface area contributed by atoms with Gasteiger partial charge >= 0.3 is 0 Å². The van der Waals surface area contributed by atoms with Crippen LogP contribution in [-0.4, -0.2) is 35.6 Å². The van der Waals surface area contributed by atoms with Gasteiger partial charge in [0.05, 0.1) is 0 Å². The summed E-state index contributed by atoms with van der Waals surface area (Å²) in [6.07, 6.45) is 4.21. The number of nitrogens with zero attached hydrogens (tertiary/aromatic N) is 1. The quantitative estimate of drug-likeness (QED) is 0.612. The zero-order valence-electron chi connectivity index (χ0n) is 9.14. The zero-order chi connectivity index (χ0) is 9.47. The Morgan fingerprint density at radius 2 is 1.62 bits per heavy atom. The van der Waals surface area contributed by atoms with Gasteiger partial charge in [-0.3, -0.25) is 4.90 Å². The third-order valence-corrected chi connectivity index (χ3v) is 3.40. The van der Waals surface area contributed by atoms with Crippen molar-refractivity contribution in [1.82, 2.24) is 10.2 Å². The number of hydrogen-bond acceptors (Lipinski definition) is 2. The molecule has 0 saturated carbocycles. The van der Waals surface area contributed by atoms with Gasteiger partial charge in [-0.15, -0.1) is 0 Å². The number of piperazine rings is 1. The summed E-state index contributed by atoms with van der Waals surface area (Å²) in [7, 11) is 0. The van der Waals surface area contributed by atoms with E-state index >= 15 is 0 Å². The summed E-state index contributed by atoms with van der Waals surface area (Å²) < 4.78 is 0. The first kappa shape index (κ1) is 9.47. The monoisotopic (exact) mass is 182 g/mol. The highest BCUT2D eigenvalue weighted by Gasteiger charge is 2.39. The Kier molecular flexibility index (Phi) is 2.37. The van der Waals surface area contributed by atoms with Crippen LogP contribution in [0.1, 0.15) is 40.0 Å². The van der Waals surface area contributed by atoms with Crippen molar-refractivity contribution in [2.24, 2.45) is 0 Å². The van der Waals surface area contributed by atoms with Gasteiger partial charge < -0.3 is 5.32 Å². The fourth-order valence-corrected chi connectivity index (χ4v) is 3.08. The van der Waals surface area contributed by atoms with Crippen LogP contribution in [0.3, 0.4) is 0 Å². The van der Waals surface area contributed by atoms with Crippen molar-refractivity contribution in [3.63, 3.8) is 0 Å². The maximum Gasteiger partial charge on any atom is 0.0229 e. The summed E-state index contributed by atoms with van der Waals surface area (Å²) in [5.41, 5.74) is 0.359. The van der Waals surface area contributed by atoms with Gasteiger partial charge in [0.2, 0.25) is 0 Å². The molecule has 0 aromatic carbocycles. The van der Waals surface area contributed by atoms with Crippen LogP contribution in [0.5, 0.6) is 0 Å². The van der Waals surface area contributed by atoms with E-state index in [1.807, 2.05) is 0 Å². The normalized spacial score (nSPS) is 36.2. The summed E-state index contributed by atoms with van der Waals surface area (Å²) in [6, 6.07) is 1.60. The van der Waals surface area contributed by atoms with E-state index in [0.717, 1.165) is 12.1 Å². The second-order valence-electron chi connectivity index (χ2n) is 5.47. The number of hydrogen-bond donors (Lipinski definition) is 1. The maximum atomic E-state index is 3.55. The zero-order valence-corrected chi connectivity index (χ0v) is 9.14. The Morgan fingerprint density at radius 1 is 1.08 bits per heavy atom. The average Bonchev–Trinajstić information content (AvgIpc) is 2.01. The van der Waals surface area contributed by atoms with Crippen molar-refractivity contribution in [2.75, 3.05) is 13.1 Å². The van der Waals surface area contributed by atoms with Gasteiger partial charge in [0, 0.05) is 30.7 Å². The van der Waals surface area contributed by atoms with Gasteiger partial charge in [0.1, 0.15) is 0 Å². The number of rotatable bonds is 0. The summed E-state index contributed by atoms with van der Waals surface area (Å²) in [5.74, 6) is 0. The molecule has 2 nitrogen and oxygen atoms in total. The lowest BCUT2D eigenvalue weighted by molar-refractivity contribution is -0.0198. The van der Waals surface area contributed by atoms with Crippen molar-refractivity contribution in [3.05, 3.63) is 0 Å². The van der Waals surface area contributed by atoms with Gasteiger partial charge in [-0.2, -0.15) is 0 Å². The van der Waals surface area contributed by atoms with Crippen molar-refractivity contribution in [3.8, 4) is 0 Å². The van der Waals surface area contributed by atoms with Gasteiger partial charge in [-0.1, -0.05) is 6.42 Å². The van der Waals surface area contributed by atoms with Gasteiger partial charge in [0.25, 0.3) is 0 Å². The highest BCUT2D eigenvalue weighted by Crippen LogP contribution is 2.31. The minimum absolute atomic E-state index is 0.359. The largest absolute Gasteiger partial charge is 0.314 e. The molecule has 0 aromatic heterocycles. The molecule has 76 valence electrons. The van der Waals surface area contributed by atoms with E-state index in [2.05, 4.69) is 31.0 Å². The molecule has 2 heterocycles. The SMILES string of the molecule is CC(C)(C)N1C2CCCC1CNC2. The van der Waals surface area contributed by atoms with Crippen LogP contribution in [0.15, 0.2) is 0 Å². The molecule has 0 radical (unpaired) electrons. The molecule has 0 aromatic rings. The van der Waals surface area contributed by atoms with Crippen LogP contribution < -0.4 is 5.32 Å². The standard InChI is InChI=1S/C11H22N2/c1-11(2,3)13-9-5-4-6-10(13)8-12-7-9/h9-10,12H,4-8H2,1-3H3. The smallest absolute Gasteiger partial charge is 0.0229 e. The third-order valence-electron chi connectivity index (χ3n) is 3.40. The topological polar surface area (TPSA) is 15.3 Å². The molecule has 13 heavy (non-hydrogen) atoms. The van der Waals surface area contributed by atoms with Gasteiger partial charge in [-0.05, 0) is 33.6 Å². The predicted octanol–water partition coefficient (Wildman–Crippen LogP) is 1.61. The minimum atomic E-state index is 0.359. The Labute approximate surface area is 81.7 Å². The molecule has 2 rings (SSSR count). The Hall–Kier alpha value is -0.0800. The van der Waals surface area contributed by atoms with Crippen molar-refractivity contribution < 1.29 is 0 Å². The molecule has 2 atom stereocenters. The van der Waals surface area contributed by atoms with E-state index in [9.17, 15) is 0 Å². The van der Waals surface area contributed by atoms with Gasteiger partial charge in [0.15, 0.2) is 0 Å². The molecule has 2 bridgehead atoms. The van der Waals surface area contributed by atoms with Gasteiger partial charge in [-0.25, -0.2) is 0 Å². The van der Waals surface area contributed by atoms with Crippen molar-refractivity contribution in [1.29, 1.82) is 0 Å². The van der Waals surface area contributed by atoms with Crippen LogP contribution in [-0.2, 0) is 0 Å². The van der Waals surface area contributed by atoms with E-state index in [4.69, 9.17) is 0 Å². The molecule has 2 saturated heterocycles. The second kappa shape index (κ2) is 3.25. The average molecular weight is 182 g/mol. The molecule has 2 heteroatoms.